The van der Waals surface area contributed by atoms with E-state index in [1.165, 1.54) is 0 Å². The Morgan fingerprint density at radius 2 is 1.43 bits per heavy atom. The van der Waals surface area contributed by atoms with Crippen molar-refractivity contribution in [2.75, 3.05) is 0 Å². The molecule has 0 saturated carbocycles. The second-order valence-electron chi connectivity index (χ2n) is 2.07. The van der Waals surface area contributed by atoms with Crippen LogP contribution in [0.3, 0.4) is 0 Å². The van der Waals surface area contributed by atoms with E-state index in [9.17, 15) is 0 Å². The van der Waals surface area contributed by atoms with Gasteiger partial charge in [0.05, 0.1) is 0 Å². The largest absolute Gasteiger partial charge is 0.103 e. The molecule has 0 heterocycles. The molecule has 0 fully saturated rings. The van der Waals surface area contributed by atoms with Gasteiger partial charge in [-0.1, -0.05) is 65.0 Å². The van der Waals surface area contributed by atoms with Gasteiger partial charge in [-0.15, -0.1) is 6.58 Å². The lowest BCUT2D eigenvalue weighted by molar-refractivity contribution is 1.22. The zero-order chi connectivity index (χ0) is 12.4. The lowest BCUT2D eigenvalue weighted by Crippen LogP contribution is -1.58. The molecule has 0 aliphatic heterocycles. The summed E-state index contributed by atoms with van der Waals surface area (Å²) in [5, 5.41) is 0. The predicted molar refractivity (Wildman–Crippen MR) is 72.8 cm³/mol. The molecular formula is C14H30. The highest BCUT2D eigenvalue weighted by Crippen LogP contribution is 1.89. The van der Waals surface area contributed by atoms with E-state index in [0.29, 0.717) is 0 Å². The Kier molecular flexibility index (Phi) is 66.0. The molecule has 0 N–H and O–H groups in total. The van der Waals surface area contributed by atoms with Crippen molar-refractivity contribution in [3.05, 3.63) is 37.0 Å². The van der Waals surface area contributed by atoms with Crippen molar-refractivity contribution in [1.29, 1.82) is 0 Å². The topological polar surface area (TPSA) is 0 Å². The normalized spacial score (nSPS) is 6.79. The van der Waals surface area contributed by atoms with E-state index in [1.54, 1.807) is 6.08 Å². The van der Waals surface area contributed by atoms with Gasteiger partial charge in [0.25, 0.3) is 0 Å². The Bertz CT molecular complexity index is 107. The maximum atomic E-state index is 3.71. The van der Waals surface area contributed by atoms with Crippen LogP contribution >= 0.6 is 0 Å². The summed E-state index contributed by atoms with van der Waals surface area (Å²) < 4.78 is 0. The minimum Gasteiger partial charge on any atom is -0.103 e. The third-order valence-corrected chi connectivity index (χ3v) is 0.638. The van der Waals surface area contributed by atoms with Gasteiger partial charge in [0.15, 0.2) is 0 Å². The van der Waals surface area contributed by atoms with Crippen LogP contribution in [0.1, 0.15) is 54.9 Å². The lowest BCUT2D eigenvalue weighted by atomic mass is 10.3. The fraction of sp³-hybridized carbons (Fsp3) is 0.571. The third kappa shape index (κ3) is 113. The van der Waals surface area contributed by atoms with Crippen LogP contribution in [0.4, 0.5) is 0 Å². The summed E-state index contributed by atoms with van der Waals surface area (Å²) in [6.45, 7) is 21.1. The number of hydrogen-bond acceptors (Lipinski definition) is 0. The van der Waals surface area contributed by atoms with Crippen LogP contribution in [0.5, 0.6) is 0 Å². The second kappa shape index (κ2) is 39.8. The van der Waals surface area contributed by atoms with E-state index in [4.69, 9.17) is 0 Å². The molecule has 14 heavy (non-hydrogen) atoms. The van der Waals surface area contributed by atoms with E-state index in [0.717, 1.165) is 12.0 Å². The molecule has 0 nitrogen and oxygen atoms in total. The highest BCUT2D eigenvalue weighted by molar-refractivity contribution is 5.10. The monoisotopic (exact) mass is 198 g/mol. The minimum absolute atomic E-state index is 1.10. The van der Waals surface area contributed by atoms with Gasteiger partial charge in [-0.05, 0) is 20.3 Å². The Morgan fingerprint density at radius 1 is 1.14 bits per heavy atom. The van der Waals surface area contributed by atoms with Crippen molar-refractivity contribution in [3.63, 3.8) is 0 Å². The van der Waals surface area contributed by atoms with Gasteiger partial charge in [-0.2, -0.15) is 0 Å². The first-order valence-electron chi connectivity index (χ1n) is 5.58. The van der Waals surface area contributed by atoms with Crippen LogP contribution in [0.2, 0.25) is 0 Å². The van der Waals surface area contributed by atoms with Crippen molar-refractivity contribution >= 4 is 0 Å². The van der Waals surface area contributed by atoms with Crippen LogP contribution in [0.15, 0.2) is 37.0 Å². The van der Waals surface area contributed by atoms with E-state index in [-0.39, 0.29) is 0 Å². The minimum atomic E-state index is 1.10. The molecule has 86 valence electrons. The predicted octanol–water partition coefficient (Wildman–Crippen LogP) is 5.77. The molecule has 0 aliphatic carbocycles. The van der Waals surface area contributed by atoms with Gasteiger partial charge >= 0.3 is 0 Å². The number of rotatable bonds is 2. The summed E-state index contributed by atoms with van der Waals surface area (Å²) in [5.74, 6) is 0. The van der Waals surface area contributed by atoms with Crippen molar-refractivity contribution in [2.45, 2.75) is 54.9 Å². The highest BCUT2D eigenvalue weighted by atomic mass is 13.7. The Hall–Kier alpha value is -0.780. The van der Waals surface area contributed by atoms with Crippen molar-refractivity contribution in [1.82, 2.24) is 0 Å². The van der Waals surface area contributed by atoms with E-state index < -0.39 is 0 Å². The van der Waals surface area contributed by atoms with Crippen LogP contribution in [0.25, 0.3) is 0 Å². The molecule has 0 spiro atoms. The molecular weight excluding hydrogens is 168 g/mol. The zero-order valence-corrected chi connectivity index (χ0v) is 11.4. The van der Waals surface area contributed by atoms with E-state index >= 15 is 0 Å². The Morgan fingerprint density at radius 3 is 1.50 bits per heavy atom. The standard InChI is InChI=1S/C7H12.C3H6.2C2H6/c1-4-5-6-7(2)3;1-3-2;2*1-2/h5-6H,2,4H2,1,3H3;3H,1H2,2H3;2*1-2H3/b6-5+;;;. The van der Waals surface area contributed by atoms with Crippen LogP contribution in [0, 0.1) is 0 Å². The fourth-order valence-electron chi connectivity index (χ4n) is 0.319. The SMILES string of the molecule is C=C(C)/C=C/CC.C=CC.CC.CC. The fourth-order valence-corrected chi connectivity index (χ4v) is 0.319. The van der Waals surface area contributed by atoms with Gasteiger partial charge < -0.3 is 0 Å². The first-order chi connectivity index (χ1) is 6.68. The van der Waals surface area contributed by atoms with Gasteiger partial charge in [0.1, 0.15) is 0 Å². The highest BCUT2D eigenvalue weighted by Gasteiger charge is 1.67. The molecule has 0 aromatic carbocycles. The number of allylic oxidation sites excluding steroid dienone is 4. The molecule has 0 aromatic rings. The lowest BCUT2D eigenvalue weighted by Gasteiger charge is -1.79. The first-order valence-corrected chi connectivity index (χ1v) is 5.58. The average Bonchev–Trinajstić information content (AvgIpc) is 2.22. The molecule has 0 radical (unpaired) electrons. The molecule has 0 saturated heterocycles. The molecule has 0 aliphatic rings. The van der Waals surface area contributed by atoms with E-state index in [2.05, 4.69) is 26.2 Å². The van der Waals surface area contributed by atoms with Gasteiger partial charge in [-0.25, -0.2) is 0 Å². The average molecular weight is 198 g/mol. The molecule has 0 rings (SSSR count). The second-order valence-corrected chi connectivity index (χ2v) is 2.07. The summed E-state index contributed by atoms with van der Waals surface area (Å²) >= 11 is 0. The molecule has 0 atom stereocenters. The van der Waals surface area contributed by atoms with Gasteiger partial charge in [-0.3, -0.25) is 0 Å². The maximum absolute atomic E-state index is 3.71. The summed E-state index contributed by atoms with van der Waals surface area (Å²) in [4.78, 5) is 0. The summed E-state index contributed by atoms with van der Waals surface area (Å²) in [6.07, 6.45) is 6.98. The van der Waals surface area contributed by atoms with Crippen molar-refractivity contribution < 1.29 is 0 Å². The van der Waals surface area contributed by atoms with Gasteiger partial charge in [0.2, 0.25) is 0 Å². The number of hydrogen-bond donors (Lipinski definition) is 0. The quantitative estimate of drug-likeness (QED) is 0.390. The van der Waals surface area contributed by atoms with Crippen LogP contribution < -0.4 is 0 Å². The Labute approximate surface area is 92.4 Å². The third-order valence-electron chi connectivity index (χ3n) is 0.638. The van der Waals surface area contributed by atoms with Gasteiger partial charge in [0, 0.05) is 0 Å². The molecule has 0 bridgehead atoms. The van der Waals surface area contributed by atoms with E-state index in [1.807, 2.05) is 47.6 Å². The smallest absolute Gasteiger partial charge is 0.0376 e. The van der Waals surface area contributed by atoms with Crippen molar-refractivity contribution in [3.8, 4) is 0 Å². The molecule has 0 aromatic heterocycles. The summed E-state index contributed by atoms with van der Waals surface area (Å²) in [5.41, 5.74) is 1.13. The summed E-state index contributed by atoms with van der Waals surface area (Å²) in [6, 6.07) is 0. The first kappa shape index (κ1) is 23.2. The van der Waals surface area contributed by atoms with Crippen LogP contribution in [-0.2, 0) is 0 Å². The molecule has 0 heteroatoms. The molecule has 0 amide bonds. The molecule has 0 unspecified atom stereocenters. The maximum Gasteiger partial charge on any atom is -0.0376 e. The zero-order valence-electron chi connectivity index (χ0n) is 11.4. The Balaban J connectivity index is -0.0000000603. The summed E-state index contributed by atoms with van der Waals surface area (Å²) in [7, 11) is 0. The van der Waals surface area contributed by atoms with Crippen molar-refractivity contribution in [2.24, 2.45) is 0 Å². The van der Waals surface area contributed by atoms with Crippen LogP contribution in [-0.4, -0.2) is 0 Å².